The number of nitrogens with zero attached hydrogens (tertiary/aromatic N) is 2. The average molecular weight is 249 g/mol. The summed E-state index contributed by atoms with van der Waals surface area (Å²) < 4.78 is 5.91. The molecule has 2 N–H and O–H groups in total. The standard InChI is InChI=1S/C14H23N3O/c1-10-8-17(9-14(3,4)18-10)12-5-6-13(11(2)15)16-7-12/h5-7,10-11H,8-9,15H2,1-4H3/t10?,11-/m1/s1. The third kappa shape index (κ3) is 3.00. The van der Waals surface area contributed by atoms with Gasteiger partial charge in [0.1, 0.15) is 0 Å². The molecule has 2 rings (SSSR count). The molecule has 1 aromatic heterocycles. The van der Waals surface area contributed by atoms with Gasteiger partial charge in [-0.3, -0.25) is 4.98 Å². The molecule has 1 unspecified atom stereocenters. The molecule has 18 heavy (non-hydrogen) atoms. The van der Waals surface area contributed by atoms with Gasteiger partial charge in [-0.25, -0.2) is 0 Å². The fourth-order valence-electron chi connectivity index (χ4n) is 2.50. The number of hydrogen-bond acceptors (Lipinski definition) is 4. The summed E-state index contributed by atoms with van der Waals surface area (Å²) in [6.07, 6.45) is 2.15. The van der Waals surface area contributed by atoms with E-state index in [-0.39, 0.29) is 17.7 Å². The Bertz CT molecular complexity index is 400. The van der Waals surface area contributed by atoms with Crippen LogP contribution in [0.3, 0.4) is 0 Å². The Kier molecular flexibility index (Phi) is 3.59. The SMILES string of the molecule is CC1CN(c2ccc([C@@H](C)N)nc2)CC(C)(C)O1. The summed E-state index contributed by atoms with van der Waals surface area (Å²) in [6, 6.07) is 4.09. The van der Waals surface area contributed by atoms with Crippen LogP contribution in [0.1, 0.15) is 39.4 Å². The van der Waals surface area contributed by atoms with Crippen molar-refractivity contribution in [2.24, 2.45) is 5.73 Å². The van der Waals surface area contributed by atoms with Gasteiger partial charge in [0.2, 0.25) is 0 Å². The Hall–Kier alpha value is -1.13. The van der Waals surface area contributed by atoms with Crippen LogP contribution in [-0.2, 0) is 4.74 Å². The number of pyridine rings is 1. The summed E-state index contributed by atoms with van der Waals surface area (Å²) in [5, 5.41) is 0. The molecular weight excluding hydrogens is 226 g/mol. The summed E-state index contributed by atoms with van der Waals surface area (Å²) >= 11 is 0. The highest BCUT2D eigenvalue weighted by atomic mass is 16.5. The van der Waals surface area contributed by atoms with Gasteiger partial charge in [-0.05, 0) is 39.8 Å². The van der Waals surface area contributed by atoms with E-state index in [0.29, 0.717) is 0 Å². The van der Waals surface area contributed by atoms with Gasteiger partial charge in [0.15, 0.2) is 0 Å². The van der Waals surface area contributed by atoms with Crippen LogP contribution >= 0.6 is 0 Å². The van der Waals surface area contributed by atoms with E-state index < -0.39 is 0 Å². The molecule has 1 aliphatic heterocycles. The molecule has 1 aromatic rings. The Morgan fingerprint density at radius 1 is 1.50 bits per heavy atom. The largest absolute Gasteiger partial charge is 0.369 e. The minimum absolute atomic E-state index is 0.0147. The lowest BCUT2D eigenvalue weighted by Gasteiger charge is -2.42. The molecule has 0 spiro atoms. The highest BCUT2D eigenvalue weighted by Gasteiger charge is 2.31. The second-order valence-electron chi connectivity index (χ2n) is 5.80. The first-order valence-corrected chi connectivity index (χ1v) is 6.52. The van der Waals surface area contributed by atoms with Crippen molar-refractivity contribution in [3.63, 3.8) is 0 Å². The second kappa shape index (κ2) is 4.86. The number of rotatable bonds is 2. The van der Waals surface area contributed by atoms with Crippen LogP contribution in [-0.4, -0.2) is 29.8 Å². The van der Waals surface area contributed by atoms with E-state index in [1.807, 2.05) is 19.2 Å². The van der Waals surface area contributed by atoms with Crippen LogP contribution in [0.15, 0.2) is 18.3 Å². The van der Waals surface area contributed by atoms with E-state index in [0.717, 1.165) is 24.5 Å². The molecule has 1 fully saturated rings. The Balaban J connectivity index is 2.15. The summed E-state index contributed by atoms with van der Waals surface area (Å²) in [7, 11) is 0. The van der Waals surface area contributed by atoms with Gasteiger partial charge in [0, 0.05) is 19.1 Å². The fraction of sp³-hybridized carbons (Fsp3) is 0.643. The first kappa shape index (κ1) is 13.3. The topological polar surface area (TPSA) is 51.4 Å². The number of nitrogens with two attached hydrogens (primary N) is 1. The lowest BCUT2D eigenvalue weighted by atomic mass is 10.0. The lowest BCUT2D eigenvalue weighted by molar-refractivity contribution is -0.0749. The van der Waals surface area contributed by atoms with E-state index in [4.69, 9.17) is 10.5 Å². The summed E-state index contributed by atoms with van der Waals surface area (Å²) in [5.41, 5.74) is 7.77. The van der Waals surface area contributed by atoms with Crippen LogP contribution in [0.4, 0.5) is 5.69 Å². The highest BCUT2D eigenvalue weighted by Crippen LogP contribution is 2.25. The molecule has 1 aliphatic rings. The quantitative estimate of drug-likeness (QED) is 0.872. The molecule has 0 aromatic carbocycles. The van der Waals surface area contributed by atoms with Crippen molar-refractivity contribution in [2.75, 3.05) is 18.0 Å². The van der Waals surface area contributed by atoms with Gasteiger partial charge < -0.3 is 15.4 Å². The molecule has 0 radical (unpaired) electrons. The van der Waals surface area contributed by atoms with Gasteiger partial charge in [-0.15, -0.1) is 0 Å². The van der Waals surface area contributed by atoms with Gasteiger partial charge in [-0.2, -0.15) is 0 Å². The Labute approximate surface area is 109 Å². The minimum atomic E-state index is -0.114. The second-order valence-corrected chi connectivity index (χ2v) is 5.80. The van der Waals surface area contributed by atoms with E-state index in [9.17, 15) is 0 Å². The van der Waals surface area contributed by atoms with Gasteiger partial charge >= 0.3 is 0 Å². The molecule has 0 saturated carbocycles. The number of ether oxygens (including phenoxy) is 1. The smallest absolute Gasteiger partial charge is 0.0805 e. The molecule has 0 aliphatic carbocycles. The zero-order valence-electron chi connectivity index (χ0n) is 11.7. The maximum absolute atomic E-state index is 5.91. The van der Waals surface area contributed by atoms with E-state index in [2.05, 4.69) is 36.7 Å². The molecular formula is C14H23N3O. The zero-order valence-corrected chi connectivity index (χ0v) is 11.7. The molecule has 4 nitrogen and oxygen atoms in total. The third-order valence-electron chi connectivity index (χ3n) is 3.17. The van der Waals surface area contributed by atoms with Crippen LogP contribution in [0.25, 0.3) is 0 Å². The maximum Gasteiger partial charge on any atom is 0.0805 e. The van der Waals surface area contributed by atoms with Crippen LogP contribution in [0.2, 0.25) is 0 Å². The molecule has 0 amide bonds. The van der Waals surface area contributed by atoms with Gasteiger partial charge in [-0.1, -0.05) is 0 Å². The number of aromatic nitrogens is 1. The fourth-order valence-corrected chi connectivity index (χ4v) is 2.50. The summed E-state index contributed by atoms with van der Waals surface area (Å²) in [6.45, 7) is 10.1. The molecule has 2 atom stereocenters. The summed E-state index contributed by atoms with van der Waals surface area (Å²) in [4.78, 5) is 6.74. The molecule has 100 valence electrons. The zero-order chi connectivity index (χ0) is 13.3. The molecule has 1 saturated heterocycles. The highest BCUT2D eigenvalue weighted by molar-refractivity contribution is 5.46. The predicted molar refractivity (Wildman–Crippen MR) is 73.7 cm³/mol. The molecule has 0 bridgehead atoms. The van der Waals surface area contributed by atoms with Crippen molar-refractivity contribution in [1.82, 2.24) is 4.98 Å². The van der Waals surface area contributed by atoms with Crippen molar-refractivity contribution >= 4 is 5.69 Å². The monoisotopic (exact) mass is 249 g/mol. The number of hydrogen-bond donors (Lipinski definition) is 1. The van der Waals surface area contributed by atoms with Crippen LogP contribution in [0, 0.1) is 0 Å². The summed E-state index contributed by atoms with van der Waals surface area (Å²) in [5.74, 6) is 0. The Morgan fingerprint density at radius 3 is 2.72 bits per heavy atom. The molecule has 4 heteroatoms. The van der Waals surface area contributed by atoms with Gasteiger partial charge in [0.05, 0.1) is 29.3 Å². The predicted octanol–water partition coefficient (Wildman–Crippen LogP) is 2.10. The third-order valence-corrected chi connectivity index (χ3v) is 3.17. The van der Waals surface area contributed by atoms with Crippen molar-refractivity contribution < 1.29 is 4.74 Å². The van der Waals surface area contributed by atoms with E-state index in [1.165, 1.54) is 0 Å². The van der Waals surface area contributed by atoms with Crippen LogP contribution < -0.4 is 10.6 Å². The van der Waals surface area contributed by atoms with Crippen molar-refractivity contribution in [1.29, 1.82) is 0 Å². The van der Waals surface area contributed by atoms with Gasteiger partial charge in [0.25, 0.3) is 0 Å². The van der Waals surface area contributed by atoms with Crippen molar-refractivity contribution in [3.05, 3.63) is 24.0 Å². The number of morpholine rings is 1. The average Bonchev–Trinajstić information content (AvgIpc) is 2.26. The maximum atomic E-state index is 5.91. The lowest BCUT2D eigenvalue weighted by Crippen LogP contribution is -2.52. The normalized spacial score (nSPS) is 24.9. The van der Waals surface area contributed by atoms with Crippen molar-refractivity contribution in [2.45, 2.75) is 45.4 Å². The van der Waals surface area contributed by atoms with E-state index in [1.54, 1.807) is 0 Å². The van der Waals surface area contributed by atoms with Crippen molar-refractivity contribution in [3.8, 4) is 0 Å². The first-order chi connectivity index (χ1) is 8.37. The van der Waals surface area contributed by atoms with Crippen LogP contribution in [0.5, 0.6) is 0 Å². The van der Waals surface area contributed by atoms with E-state index >= 15 is 0 Å². The number of anilines is 1. The Morgan fingerprint density at radius 2 is 2.22 bits per heavy atom. The first-order valence-electron chi connectivity index (χ1n) is 6.52. The minimum Gasteiger partial charge on any atom is -0.369 e. The molecule has 2 heterocycles.